The third kappa shape index (κ3) is 2.58. The van der Waals surface area contributed by atoms with E-state index in [1.165, 1.54) is 0 Å². The van der Waals surface area contributed by atoms with Gasteiger partial charge in [0.15, 0.2) is 0 Å². The minimum absolute atomic E-state index is 0.0736. The summed E-state index contributed by atoms with van der Waals surface area (Å²) < 4.78 is 0. The second-order valence-electron chi connectivity index (χ2n) is 4.96. The van der Waals surface area contributed by atoms with Crippen LogP contribution in [0.1, 0.15) is 18.4 Å². The molecule has 1 unspecified atom stereocenters. The molecule has 4 nitrogen and oxygen atoms in total. The Kier molecular flexibility index (Phi) is 3.75. The van der Waals surface area contributed by atoms with E-state index >= 15 is 0 Å². The average Bonchev–Trinajstić information content (AvgIpc) is 2.38. The predicted molar refractivity (Wildman–Crippen MR) is 74.6 cm³/mol. The molecule has 1 aromatic carbocycles. The van der Waals surface area contributed by atoms with Crippen molar-refractivity contribution in [3.63, 3.8) is 0 Å². The maximum Gasteiger partial charge on any atom is 0.224 e. The molecule has 1 atom stereocenters. The Labute approximate surface area is 108 Å². The van der Waals surface area contributed by atoms with Gasteiger partial charge in [-0.25, -0.2) is 0 Å². The number of nitrogen functional groups attached to an aromatic ring is 1. The quantitative estimate of drug-likeness (QED) is 0.779. The van der Waals surface area contributed by atoms with E-state index in [1.807, 2.05) is 13.0 Å². The summed E-state index contributed by atoms with van der Waals surface area (Å²) >= 11 is 0. The van der Waals surface area contributed by atoms with Crippen LogP contribution >= 0.6 is 0 Å². The van der Waals surface area contributed by atoms with Gasteiger partial charge in [0, 0.05) is 20.1 Å². The van der Waals surface area contributed by atoms with E-state index in [0.29, 0.717) is 0 Å². The number of carbonyl (C=O) groups is 1. The molecule has 1 aliphatic rings. The largest absolute Gasteiger partial charge is 0.397 e. The summed E-state index contributed by atoms with van der Waals surface area (Å²) in [5, 5.41) is 2.73. The number of anilines is 2. The first-order chi connectivity index (χ1) is 8.61. The summed E-state index contributed by atoms with van der Waals surface area (Å²) in [7, 11) is 1.70. The molecule has 0 aromatic heterocycles. The van der Waals surface area contributed by atoms with Crippen molar-refractivity contribution in [3.8, 4) is 0 Å². The monoisotopic (exact) mass is 247 g/mol. The number of nitrogens with two attached hydrogens (primary N) is 1. The van der Waals surface area contributed by atoms with Crippen molar-refractivity contribution in [1.29, 1.82) is 0 Å². The Bertz CT molecular complexity index is 445. The van der Waals surface area contributed by atoms with Gasteiger partial charge < -0.3 is 16.0 Å². The first-order valence-corrected chi connectivity index (χ1v) is 6.44. The molecule has 1 saturated heterocycles. The lowest BCUT2D eigenvalue weighted by Gasteiger charge is -2.34. The van der Waals surface area contributed by atoms with E-state index in [0.717, 1.165) is 42.9 Å². The van der Waals surface area contributed by atoms with Crippen molar-refractivity contribution in [2.75, 3.05) is 30.8 Å². The van der Waals surface area contributed by atoms with E-state index in [4.69, 9.17) is 5.73 Å². The first kappa shape index (κ1) is 12.7. The van der Waals surface area contributed by atoms with Crippen LogP contribution in [0.5, 0.6) is 0 Å². The summed E-state index contributed by atoms with van der Waals surface area (Å²) in [4.78, 5) is 13.9. The lowest BCUT2D eigenvalue weighted by Crippen LogP contribution is -2.42. The number of rotatable bonds is 2. The fourth-order valence-electron chi connectivity index (χ4n) is 2.58. The molecule has 1 amide bonds. The number of carbonyl (C=O) groups excluding carboxylic acids is 1. The summed E-state index contributed by atoms with van der Waals surface area (Å²) in [6.45, 7) is 3.76. The Morgan fingerprint density at radius 3 is 2.94 bits per heavy atom. The molecule has 0 aliphatic carbocycles. The van der Waals surface area contributed by atoms with Gasteiger partial charge in [-0.1, -0.05) is 6.07 Å². The summed E-state index contributed by atoms with van der Waals surface area (Å²) in [5.41, 5.74) is 9.08. The minimum Gasteiger partial charge on any atom is -0.397 e. The van der Waals surface area contributed by atoms with Crippen LogP contribution in [0, 0.1) is 12.8 Å². The van der Waals surface area contributed by atoms with E-state index in [9.17, 15) is 4.79 Å². The average molecular weight is 247 g/mol. The van der Waals surface area contributed by atoms with Crippen LogP contribution in [0.25, 0.3) is 0 Å². The first-order valence-electron chi connectivity index (χ1n) is 6.44. The number of amides is 1. The molecule has 3 N–H and O–H groups in total. The van der Waals surface area contributed by atoms with Crippen LogP contribution in [0.2, 0.25) is 0 Å². The zero-order valence-corrected chi connectivity index (χ0v) is 11.1. The van der Waals surface area contributed by atoms with Gasteiger partial charge in [0.2, 0.25) is 5.91 Å². The molecule has 1 fully saturated rings. The fraction of sp³-hybridized carbons (Fsp3) is 0.500. The third-order valence-electron chi connectivity index (χ3n) is 3.56. The van der Waals surface area contributed by atoms with Gasteiger partial charge in [-0.3, -0.25) is 4.79 Å². The van der Waals surface area contributed by atoms with Gasteiger partial charge in [-0.05, 0) is 37.5 Å². The Hall–Kier alpha value is -1.71. The predicted octanol–water partition coefficient (Wildman–Crippen LogP) is 1.54. The molecular weight excluding hydrogens is 226 g/mol. The van der Waals surface area contributed by atoms with Crippen molar-refractivity contribution in [2.24, 2.45) is 5.92 Å². The van der Waals surface area contributed by atoms with Crippen molar-refractivity contribution in [2.45, 2.75) is 19.8 Å². The molecule has 18 heavy (non-hydrogen) atoms. The minimum atomic E-state index is 0.0736. The zero-order valence-electron chi connectivity index (χ0n) is 11.1. The number of nitrogens with one attached hydrogen (secondary N) is 1. The zero-order chi connectivity index (χ0) is 13.1. The standard InChI is InChI=1S/C14H21N3O/c1-10-5-6-13(12(15)8-10)17-7-3-4-11(9-17)14(18)16-2/h5-6,8,11H,3-4,7,9,15H2,1-2H3,(H,16,18). The molecule has 0 saturated carbocycles. The molecular formula is C14H21N3O. The van der Waals surface area contributed by atoms with E-state index in [2.05, 4.69) is 22.3 Å². The molecule has 2 rings (SSSR count). The molecule has 0 bridgehead atoms. The fourth-order valence-corrected chi connectivity index (χ4v) is 2.58. The summed E-state index contributed by atoms with van der Waals surface area (Å²) in [5.74, 6) is 0.204. The Balaban J connectivity index is 2.15. The number of hydrogen-bond donors (Lipinski definition) is 2. The number of nitrogens with zero attached hydrogens (tertiary/aromatic N) is 1. The van der Waals surface area contributed by atoms with Gasteiger partial charge in [-0.2, -0.15) is 0 Å². The summed E-state index contributed by atoms with van der Waals surface area (Å²) in [6, 6.07) is 6.10. The molecule has 1 heterocycles. The third-order valence-corrected chi connectivity index (χ3v) is 3.56. The highest BCUT2D eigenvalue weighted by atomic mass is 16.1. The Morgan fingerprint density at radius 1 is 1.50 bits per heavy atom. The van der Waals surface area contributed by atoms with Crippen LogP contribution in [0.15, 0.2) is 18.2 Å². The van der Waals surface area contributed by atoms with Crippen LogP contribution in [-0.4, -0.2) is 26.0 Å². The number of benzene rings is 1. The smallest absolute Gasteiger partial charge is 0.224 e. The van der Waals surface area contributed by atoms with E-state index in [-0.39, 0.29) is 11.8 Å². The molecule has 4 heteroatoms. The maximum atomic E-state index is 11.7. The lowest BCUT2D eigenvalue weighted by atomic mass is 9.96. The van der Waals surface area contributed by atoms with Crippen molar-refractivity contribution in [1.82, 2.24) is 5.32 Å². The van der Waals surface area contributed by atoms with Gasteiger partial charge in [-0.15, -0.1) is 0 Å². The molecule has 0 spiro atoms. The van der Waals surface area contributed by atoms with E-state index in [1.54, 1.807) is 7.05 Å². The van der Waals surface area contributed by atoms with Crippen molar-refractivity contribution >= 4 is 17.3 Å². The van der Waals surface area contributed by atoms with Gasteiger partial charge >= 0.3 is 0 Å². The molecule has 1 aliphatic heterocycles. The Morgan fingerprint density at radius 2 is 2.28 bits per heavy atom. The summed E-state index contributed by atoms with van der Waals surface area (Å²) in [6.07, 6.45) is 1.99. The molecule has 1 aromatic rings. The van der Waals surface area contributed by atoms with Gasteiger partial charge in [0.05, 0.1) is 17.3 Å². The number of hydrogen-bond acceptors (Lipinski definition) is 3. The SMILES string of the molecule is CNC(=O)C1CCCN(c2ccc(C)cc2N)C1. The highest BCUT2D eigenvalue weighted by molar-refractivity contribution is 5.80. The van der Waals surface area contributed by atoms with Crippen LogP contribution in [0.4, 0.5) is 11.4 Å². The molecule has 0 radical (unpaired) electrons. The van der Waals surface area contributed by atoms with Crippen LogP contribution in [0.3, 0.4) is 0 Å². The number of piperidine rings is 1. The second-order valence-corrected chi connectivity index (χ2v) is 4.96. The van der Waals surface area contributed by atoms with Crippen LogP contribution < -0.4 is 16.0 Å². The topological polar surface area (TPSA) is 58.4 Å². The van der Waals surface area contributed by atoms with Gasteiger partial charge in [0.1, 0.15) is 0 Å². The molecule has 98 valence electrons. The normalized spacial score (nSPS) is 19.7. The van der Waals surface area contributed by atoms with Crippen molar-refractivity contribution in [3.05, 3.63) is 23.8 Å². The lowest BCUT2D eigenvalue weighted by molar-refractivity contribution is -0.124. The highest BCUT2D eigenvalue weighted by Gasteiger charge is 2.25. The second kappa shape index (κ2) is 5.29. The van der Waals surface area contributed by atoms with Crippen LogP contribution in [-0.2, 0) is 4.79 Å². The van der Waals surface area contributed by atoms with E-state index < -0.39 is 0 Å². The highest BCUT2D eigenvalue weighted by Crippen LogP contribution is 2.28. The maximum absolute atomic E-state index is 11.7. The van der Waals surface area contributed by atoms with Crippen molar-refractivity contribution < 1.29 is 4.79 Å². The van der Waals surface area contributed by atoms with Gasteiger partial charge in [0.25, 0.3) is 0 Å². The number of aryl methyl sites for hydroxylation is 1.